The third kappa shape index (κ3) is 6.90. The molecule has 40 heavy (non-hydrogen) atoms. The van der Waals surface area contributed by atoms with Crippen LogP contribution in [0.15, 0.2) is 47.9 Å². The van der Waals surface area contributed by atoms with Gasteiger partial charge in [0.15, 0.2) is 11.8 Å². The standard InChI is InChI=1S/C30H35N5O4S/c1-21(2)33-13-15-34(16-14-33)30(37)38-17-5-6-23-8-9-25(18-22(23)3)39-20-27-28(36)32-29(40-26-10-11-26)35(27)24-7-4-12-31-19-24/h4,7-9,12,18-19,21,26,36H,10-11,13-17,20H2,1-3H3. The van der Waals surface area contributed by atoms with Crippen molar-refractivity contribution in [2.45, 2.75) is 56.7 Å². The van der Waals surface area contributed by atoms with Crippen molar-refractivity contribution in [2.75, 3.05) is 32.8 Å². The summed E-state index contributed by atoms with van der Waals surface area (Å²) in [4.78, 5) is 25.1. The molecule has 0 atom stereocenters. The normalized spacial score (nSPS) is 15.6. The predicted octanol–water partition coefficient (Wildman–Crippen LogP) is 4.63. The minimum absolute atomic E-state index is 0.0393. The van der Waals surface area contributed by atoms with Crippen molar-refractivity contribution in [3.05, 3.63) is 59.5 Å². The molecule has 1 saturated carbocycles. The van der Waals surface area contributed by atoms with E-state index in [4.69, 9.17) is 9.47 Å². The highest BCUT2D eigenvalue weighted by Crippen LogP contribution is 2.41. The van der Waals surface area contributed by atoms with E-state index in [-0.39, 0.29) is 25.2 Å². The van der Waals surface area contributed by atoms with E-state index in [2.05, 4.69) is 40.6 Å². The quantitative estimate of drug-likeness (QED) is 0.398. The summed E-state index contributed by atoms with van der Waals surface area (Å²) in [5.41, 5.74) is 3.18. The van der Waals surface area contributed by atoms with Crippen LogP contribution in [0.1, 0.15) is 43.5 Å². The highest BCUT2D eigenvalue weighted by molar-refractivity contribution is 8.00. The maximum absolute atomic E-state index is 12.4. The average Bonchev–Trinajstić information content (AvgIpc) is 3.72. The van der Waals surface area contributed by atoms with Gasteiger partial charge < -0.3 is 19.5 Å². The molecule has 3 heterocycles. The number of rotatable bonds is 8. The van der Waals surface area contributed by atoms with Gasteiger partial charge in [-0.05, 0) is 69.5 Å². The zero-order valence-corrected chi connectivity index (χ0v) is 24.0. The fraction of sp³-hybridized carbons (Fsp3) is 0.433. The summed E-state index contributed by atoms with van der Waals surface area (Å²) in [7, 11) is 0. The van der Waals surface area contributed by atoms with Gasteiger partial charge in [-0.3, -0.25) is 14.5 Å². The zero-order chi connectivity index (χ0) is 28.1. The zero-order valence-electron chi connectivity index (χ0n) is 23.2. The molecular weight excluding hydrogens is 526 g/mol. The summed E-state index contributed by atoms with van der Waals surface area (Å²) in [6, 6.07) is 9.93. The molecule has 1 aliphatic heterocycles. The van der Waals surface area contributed by atoms with Crippen molar-refractivity contribution in [3.63, 3.8) is 0 Å². The van der Waals surface area contributed by atoms with Crippen molar-refractivity contribution in [2.24, 2.45) is 0 Å². The Morgan fingerprint density at radius 1 is 1.20 bits per heavy atom. The Bertz CT molecular complexity index is 1390. The lowest BCUT2D eigenvalue weighted by Crippen LogP contribution is -2.50. The number of pyridine rings is 1. The van der Waals surface area contributed by atoms with Gasteiger partial charge in [0.25, 0.3) is 0 Å². The third-order valence-electron chi connectivity index (χ3n) is 6.99. The number of benzene rings is 1. The predicted molar refractivity (Wildman–Crippen MR) is 154 cm³/mol. The number of carbonyl (C=O) groups is 1. The molecule has 2 fully saturated rings. The van der Waals surface area contributed by atoms with Gasteiger partial charge in [-0.15, -0.1) is 0 Å². The number of aromatic hydroxyl groups is 1. The van der Waals surface area contributed by atoms with Gasteiger partial charge in [0.2, 0.25) is 5.88 Å². The Labute approximate surface area is 239 Å². The number of nitrogens with zero attached hydrogens (tertiary/aromatic N) is 5. The van der Waals surface area contributed by atoms with Gasteiger partial charge >= 0.3 is 6.09 Å². The monoisotopic (exact) mass is 561 g/mol. The number of hydrogen-bond acceptors (Lipinski definition) is 8. The van der Waals surface area contributed by atoms with Crippen LogP contribution in [0.2, 0.25) is 0 Å². The molecule has 1 saturated heterocycles. The summed E-state index contributed by atoms with van der Waals surface area (Å²) < 4.78 is 13.4. The van der Waals surface area contributed by atoms with Crippen LogP contribution in [0.5, 0.6) is 11.6 Å². The number of ether oxygens (including phenoxy) is 2. The van der Waals surface area contributed by atoms with Crippen molar-refractivity contribution in [3.8, 4) is 29.2 Å². The number of aromatic nitrogens is 3. The first-order valence-electron chi connectivity index (χ1n) is 13.6. The third-order valence-corrected chi connectivity index (χ3v) is 8.28. The molecule has 1 amide bonds. The number of thioether (sulfide) groups is 1. The van der Waals surface area contributed by atoms with E-state index < -0.39 is 0 Å². The number of imidazole rings is 1. The molecule has 0 spiro atoms. The van der Waals surface area contributed by atoms with E-state index in [0.29, 0.717) is 35.8 Å². The second-order valence-electron chi connectivity index (χ2n) is 10.3. The van der Waals surface area contributed by atoms with Gasteiger partial charge in [-0.2, -0.15) is 4.98 Å². The molecule has 0 radical (unpaired) electrons. The van der Waals surface area contributed by atoms with Gasteiger partial charge in [0.05, 0.1) is 11.9 Å². The van der Waals surface area contributed by atoms with E-state index in [1.165, 1.54) is 0 Å². The lowest BCUT2D eigenvalue weighted by molar-refractivity contribution is 0.0752. The first kappa shape index (κ1) is 27.9. The Morgan fingerprint density at radius 3 is 2.67 bits per heavy atom. The largest absolute Gasteiger partial charge is 0.492 e. The topological polar surface area (TPSA) is 92.9 Å². The molecule has 210 valence electrons. The number of hydrogen-bond donors (Lipinski definition) is 1. The van der Waals surface area contributed by atoms with E-state index in [1.807, 2.05) is 41.8 Å². The molecule has 1 aromatic carbocycles. The summed E-state index contributed by atoms with van der Waals surface area (Å²) >= 11 is 1.67. The van der Waals surface area contributed by atoms with Crippen LogP contribution in [0.4, 0.5) is 4.79 Å². The summed E-state index contributed by atoms with van der Waals surface area (Å²) in [5.74, 6) is 6.66. The molecule has 2 aliphatic rings. The molecule has 2 aromatic heterocycles. The molecular formula is C30H35N5O4S. The van der Waals surface area contributed by atoms with Gasteiger partial charge in [-0.1, -0.05) is 23.6 Å². The van der Waals surface area contributed by atoms with Crippen molar-refractivity contribution in [1.29, 1.82) is 0 Å². The van der Waals surface area contributed by atoms with Crippen LogP contribution in [0, 0.1) is 18.8 Å². The highest BCUT2D eigenvalue weighted by Gasteiger charge is 2.28. The van der Waals surface area contributed by atoms with Crippen LogP contribution in [0.25, 0.3) is 5.69 Å². The van der Waals surface area contributed by atoms with E-state index in [9.17, 15) is 9.90 Å². The minimum Gasteiger partial charge on any atom is -0.492 e. The summed E-state index contributed by atoms with van der Waals surface area (Å²) in [5, 5.41) is 11.9. The highest BCUT2D eigenvalue weighted by atomic mass is 32.2. The Morgan fingerprint density at radius 2 is 2.00 bits per heavy atom. The van der Waals surface area contributed by atoms with Gasteiger partial charge in [0.1, 0.15) is 18.1 Å². The van der Waals surface area contributed by atoms with Crippen LogP contribution in [-0.4, -0.2) is 79.6 Å². The Kier molecular flexibility index (Phi) is 8.82. The minimum atomic E-state index is -0.314. The van der Waals surface area contributed by atoms with Crippen molar-refractivity contribution in [1.82, 2.24) is 24.3 Å². The van der Waals surface area contributed by atoms with Crippen LogP contribution in [0.3, 0.4) is 0 Å². The van der Waals surface area contributed by atoms with E-state index in [0.717, 1.165) is 47.9 Å². The van der Waals surface area contributed by atoms with Crippen molar-refractivity contribution < 1.29 is 19.4 Å². The maximum atomic E-state index is 12.4. The molecule has 0 unspecified atom stereocenters. The second kappa shape index (κ2) is 12.7. The first-order valence-corrected chi connectivity index (χ1v) is 14.5. The summed E-state index contributed by atoms with van der Waals surface area (Å²) in [6.07, 6.45) is 5.47. The molecule has 1 N–H and O–H groups in total. The van der Waals surface area contributed by atoms with Crippen LogP contribution in [-0.2, 0) is 11.3 Å². The second-order valence-corrected chi connectivity index (χ2v) is 11.5. The van der Waals surface area contributed by atoms with Gasteiger partial charge in [0, 0.05) is 49.2 Å². The lowest BCUT2D eigenvalue weighted by Gasteiger charge is -2.36. The fourth-order valence-corrected chi connectivity index (χ4v) is 5.61. The van der Waals surface area contributed by atoms with E-state index in [1.54, 1.807) is 29.1 Å². The first-order chi connectivity index (χ1) is 19.4. The molecule has 0 bridgehead atoms. The molecule has 3 aromatic rings. The van der Waals surface area contributed by atoms with E-state index >= 15 is 0 Å². The average molecular weight is 562 g/mol. The van der Waals surface area contributed by atoms with Crippen molar-refractivity contribution >= 4 is 17.9 Å². The lowest BCUT2D eigenvalue weighted by atomic mass is 10.1. The summed E-state index contributed by atoms with van der Waals surface area (Å²) in [6.45, 7) is 9.54. The SMILES string of the molecule is Cc1cc(OCc2c(O)nc(SC3CC3)n2-c2cccnc2)ccc1C#CCOC(=O)N1CCN(C(C)C)CC1. The molecule has 10 heteroatoms. The number of piperazine rings is 1. The fourth-order valence-electron chi connectivity index (χ4n) is 4.48. The molecule has 5 rings (SSSR count). The Hall–Kier alpha value is -3.68. The number of amides is 1. The maximum Gasteiger partial charge on any atom is 0.410 e. The molecule has 1 aliphatic carbocycles. The number of aryl methyl sites for hydroxylation is 1. The number of carbonyl (C=O) groups excluding carboxylic acids is 1. The Balaban J connectivity index is 1.18. The van der Waals surface area contributed by atoms with Crippen LogP contribution < -0.4 is 4.74 Å². The van der Waals surface area contributed by atoms with Gasteiger partial charge in [-0.25, -0.2) is 4.79 Å². The smallest absolute Gasteiger partial charge is 0.410 e. The van der Waals surface area contributed by atoms with Crippen LogP contribution >= 0.6 is 11.8 Å². The molecule has 9 nitrogen and oxygen atoms in total.